The van der Waals surface area contributed by atoms with Crippen molar-refractivity contribution in [1.29, 1.82) is 0 Å². The van der Waals surface area contributed by atoms with Crippen LogP contribution in [-0.4, -0.2) is 64.0 Å². The van der Waals surface area contributed by atoms with E-state index in [1.54, 1.807) is 6.20 Å². The number of pyridine rings is 1. The van der Waals surface area contributed by atoms with Gasteiger partial charge in [0.15, 0.2) is 5.82 Å². The van der Waals surface area contributed by atoms with Crippen molar-refractivity contribution in [2.45, 2.75) is 38.8 Å². The molecule has 180 valence electrons. The fourth-order valence-corrected chi connectivity index (χ4v) is 4.92. The van der Waals surface area contributed by atoms with Crippen LogP contribution in [0, 0.1) is 5.92 Å². The maximum atomic E-state index is 13.2. The molecule has 0 aliphatic carbocycles. The highest BCUT2D eigenvalue weighted by atomic mass is 35.5. The minimum Gasteiger partial charge on any atom is -0.353 e. The van der Waals surface area contributed by atoms with E-state index >= 15 is 0 Å². The van der Waals surface area contributed by atoms with Gasteiger partial charge in [0.1, 0.15) is 10.7 Å². The molecule has 34 heavy (non-hydrogen) atoms. The van der Waals surface area contributed by atoms with Crippen molar-refractivity contribution in [1.82, 2.24) is 30.0 Å². The summed E-state index contributed by atoms with van der Waals surface area (Å²) in [4.78, 5) is 31.2. The van der Waals surface area contributed by atoms with E-state index in [4.69, 9.17) is 16.6 Å². The smallest absolute Gasteiger partial charge is 0.227 e. The molecule has 0 bridgehead atoms. The fourth-order valence-electron chi connectivity index (χ4n) is 4.71. The molecular formula is C24H31ClN8O. The van der Waals surface area contributed by atoms with Crippen LogP contribution in [0.3, 0.4) is 0 Å². The van der Waals surface area contributed by atoms with Crippen molar-refractivity contribution in [3.63, 3.8) is 0 Å². The molecule has 10 heteroatoms. The Morgan fingerprint density at radius 2 is 2.12 bits per heavy atom. The first-order chi connectivity index (χ1) is 16.4. The third-order valence-corrected chi connectivity index (χ3v) is 7.38. The molecule has 3 aromatic heterocycles. The molecule has 0 radical (unpaired) electrons. The van der Waals surface area contributed by atoms with E-state index in [0.717, 1.165) is 37.4 Å². The fraction of sp³-hybridized carbons (Fsp3) is 0.500. The quantitative estimate of drug-likeness (QED) is 0.557. The molecule has 2 N–H and O–H groups in total. The molecule has 5 rings (SSSR count). The first kappa shape index (κ1) is 22.9. The number of carbonyl (C=O) groups excluding carboxylic acids is 1. The number of nitrogens with zero attached hydrogens (tertiary/aromatic N) is 6. The average Bonchev–Trinajstić information content (AvgIpc) is 3.25. The lowest BCUT2D eigenvalue weighted by Gasteiger charge is -2.42. The number of hydrogen-bond acceptors (Lipinski definition) is 7. The zero-order chi connectivity index (χ0) is 23.9. The van der Waals surface area contributed by atoms with Gasteiger partial charge < -0.3 is 24.8 Å². The van der Waals surface area contributed by atoms with E-state index in [1.807, 2.05) is 35.0 Å². The summed E-state index contributed by atoms with van der Waals surface area (Å²) in [6.45, 7) is 10.1. The number of amides is 1. The Kier molecular flexibility index (Phi) is 6.07. The maximum absolute atomic E-state index is 13.2. The number of fused-ring (bicyclic) bond motifs is 1. The number of halogens is 1. The molecule has 2 aliphatic heterocycles. The normalized spacial score (nSPS) is 20.8. The molecule has 0 aromatic carbocycles. The largest absolute Gasteiger partial charge is 0.353 e. The molecule has 0 saturated carbocycles. The maximum Gasteiger partial charge on any atom is 0.227 e. The second kappa shape index (κ2) is 9.03. The van der Waals surface area contributed by atoms with Crippen LogP contribution in [0.25, 0.3) is 5.65 Å². The van der Waals surface area contributed by atoms with Gasteiger partial charge in [0.05, 0.1) is 29.5 Å². The van der Waals surface area contributed by atoms with Crippen LogP contribution in [0.15, 0.2) is 36.8 Å². The summed E-state index contributed by atoms with van der Waals surface area (Å²) in [7, 11) is 0. The predicted molar refractivity (Wildman–Crippen MR) is 133 cm³/mol. The molecule has 9 nitrogen and oxygen atoms in total. The number of carbonyl (C=O) groups is 1. The van der Waals surface area contributed by atoms with Gasteiger partial charge in [0.2, 0.25) is 11.9 Å². The molecule has 1 amide bonds. The summed E-state index contributed by atoms with van der Waals surface area (Å²) in [5.41, 5.74) is 1.33. The lowest BCUT2D eigenvalue weighted by Crippen LogP contribution is -2.57. The summed E-state index contributed by atoms with van der Waals surface area (Å²) < 4.78 is 2.04. The van der Waals surface area contributed by atoms with Crippen LogP contribution >= 0.6 is 11.6 Å². The number of hydrogen-bond donors (Lipinski definition) is 2. The Hall–Kier alpha value is -2.91. The first-order valence-electron chi connectivity index (χ1n) is 11.9. The SMILES string of the molecule is CCC(C)(NC(=O)C1CN(c2nc(N3CCNCC3C)ncc2Cl)C1)c1cnc2ccccn12. The van der Waals surface area contributed by atoms with Crippen LogP contribution < -0.4 is 20.4 Å². The molecule has 5 heterocycles. The molecule has 2 atom stereocenters. The van der Waals surface area contributed by atoms with E-state index in [-0.39, 0.29) is 11.8 Å². The molecule has 3 aromatic rings. The monoisotopic (exact) mass is 482 g/mol. The molecule has 2 unspecified atom stereocenters. The summed E-state index contributed by atoms with van der Waals surface area (Å²) in [6, 6.07) is 6.21. The topological polar surface area (TPSA) is 90.7 Å². The van der Waals surface area contributed by atoms with Crippen LogP contribution in [0.5, 0.6) is 0 Å². The average molecular weight is 483 g/mol. The third kappa shape index (κ3) is 4.07. The lowest BCUT2D eigenvalue weighted by atomic mass is 9.91. The minimum atomic E-state index is -0.517. The van der Waals surface area contributed by atoms with Crippen molar-refractivity contribution in [3.8, 4) is 0 Å². The van der Waals surface area contributed by atoms with Gasteiger partial charge in [-0.05, 0) is 32.4 Å². The number of anilines is 2. The van der Waals surface area contributed by atoms with Gasteiger partial charge in [0, 0.05) is 45.0 Å². The van der Waals surface area contributed by atoms with Crippen molar-refractivity contribution < 1.29 is 4.79 Å². The van der Waals surface area contributed by atoms with Crippen LogP contribution in [0.2, 0.25) is 5.02 Å². The van der Waals surface area contributed by atoms with Crippen molar-refractivity contribution in [2.75, 3.05) is 42.5 Å². The highest BCUT2D eigenvalue weighted by molar-refractivity contribution is 6.32. The van der Waals surface area contributed by atoms with E-state index in [0.29, 0.717) is 35.9 Å². The Morgan fingerprint density at radius 1 is 1.29 bits per heavy atom. The highest BCUT2D eigenvalue weighted by Gasteiger charge is 2.39. The number of imidazole rings is 1. The van der Waals surface area contributed by atoms with Crippen LogP contribution in [-0.2, 0) is 10.3 Å². The molecule has 2 aliphatic rings. The Balaban J connectivity index is 1.27. The second-order valence-corrected chi connectivity index (χ2v) is 9.84. The summed E-state index contributed by atoms with van der Waals surface area (Å²) >= 11 is 6.45. The van der Waals surface area contributed by atoms with E-state index < -0.39 is 5.54 Å². The minimum absolute atomic E-state index is 0.0348. The molecule has 2 fully saturated rings. The number of rotatable bonds is 6. The predicted octanol–water partition coefficient (Wildman–Crippen LogP) is 2.45. The van der Waals surface area contributed by atoms with Gasteiger partial charge in [0.25, 0.3) is 0 Å². The zero-order valence-electron chi connectivity index (χ0n) is 19.8. The van der Waals surface area contributed by atoms with Gasteiger partial charge in [-0.1, -0.05) is 24.6 Å². The van der Waals surface area contributed by atoms with Gasteiger partial charge in [-0.25, -0.2) is 9.97 Å². The Labute approximate surface area is 204 Å². The summed E-state index contributed by atoms with van der Waals surface area (Å²) in [5, 5.41) is 7.18. The molecule has 2 saturated heterocycles. The standard InChI is InChI=1S/C24H31ClN8O/c1-4-24(3,19-13-27-20-7-5-6-9-33(19)20)30-22(34)17-14-31(15-17)21-18(25)12-28-23(29-21)32-10-8-26-11-16(32)2/h5-7,9,12-13,16-17,26H,4,8,10-11,14-15H2,1-3H3,(H,30,34). The van der Waals surface area contributed by atoms with Crippen molar-refractivity contribution in [3.05, 3.63) is 47.5 Å². The lowest BCUT2D eigenvalue weighted by molar-refractivity contribution is -0.127. The molecule has 0 spiro atoms. The molecular weight excluding hydrogens is 452 g/mol. The number of aromatic nitrogens is 4. The van der Waals surface area contributed by atoms with Crippen LogP contribution in [0.1, 0.15) is 32.9 Å². The Bertz CT molecular complexity index is 1190. The van der Waals surface area contributed by atoms with Gasteiger partial charge in [-0.3, -0.25) is 4.79 Å². The van der Waals surface area contributed by atoms with Crippen molar-refractivity contribution >= 4 is 34.9 Å². The third-order valence-electron chi connectivity index (χ3n) is 7.11. The Morgan fingerprint density at radius 3 is 2.88 bits per heavy atom. The van der Waals surface area contributed by atoms with Gasteiger partial charge >= 0.3 is 0 Å². The first-order valence-corrected chi connectivity index (χ1v) is 12.3. The highest BCUT2D eigenvalue weighted by Crippen LogP contribution is 2.32. The summed E-state index contributed by atoms with van der Waals surface area (Å²) in [5.74, 6) is 1.29. The van der Waals surface area contributed by atoms with E-state index in [9.17, 15) is 4.79 Å². The summed E-state index contributed by atoms with van der Waals surface area (Å²) in [6.07, 6.45) is 6.25. The number of piperazine rings is 1. The second-order valence-electron chi connectivity index (χ2n) is 9.44. The zero-order valence-corrected chi connectivity index (χ0v) is 20.6. The number of nitrogens with one attached hydrogen (secondary N) is 2. The van der Waals surface area contributed by atoms with Gasteiger partial charge in [-0.2, -0.15) is 4.98 Å². The van der Waals surface area contributed by atoms with E-state index in [2.05, 4.69) is 51.2 Å². The van der Waals surface area contributed by atoms with Crippen molar-refractivity contribution in [2.24, 2.45) is 5.92 Å². The van der Waals surface area contributed by atoms with Crippen LogP contribution in [0.4, 0.5) is 11.8 Å². The van der Waals surface area contributed by atoms with Gasteiger partial charge in [-0.15, -0.1) is 0 Å². The van der Waals surface area contributed by atoms with E-state index in [1.165, 1.54) is 0 Å².